The van der Waals surface area contributed by atoms with Gasteiger partial charge in [-0.2, -0.15) is 0 Å². The molecular weight excluding hydrogens is 713 g/mol. The average Bonchev–Trinajstić information content (AvgIpc) is 3.27. The number of anilines is 6. The summed E-state index contributed by atoms with van der Waals surface area (Å²) in [5, 5.41) is 0. The number of hydrogen-bond donors (Lipinski definition) is 0. The van der Waals surface area contributed by atoms with Crippen LogP contribution in [0.2, 0.25) is 0 Å². The van der Waals surface area contributed by atoms with Crippen molar-refractivity contribution in [2.24, 2.45) is 0 Å². The predicted molar refractivity (Wildman–Crippen MR) is 259 cm³/mol. The standard InChI is InChI=1S/C57H70N2/c1-11-40-56(8,9)48-24-36-54(37-25-48)58(50-28-16-44(17-29-50)42(6)13-3)52-32-20-46(21-33-52)47-22-34-53(35-23-47)59(51-30-18-45(19-31-51)43(7)14-4)55-38-26-49(27-39-55)57(10,15-5)41-12-2/h16-39,42-43H,11-15,40-41H2,1-10H3. The SMILES string of the molecule is CCCC(C)(C)c1ccc(N(c2ccc(-c3ccc(N(c4ccc(C(C)CC)cc4)c4ccc(C(C)(CC)CCC)cc4)cc3)cc2)c2ccc(C(C)CC)cc2)cc1. The second-order valence-electron chi connectivity index (χ2n) is 18.0. The molecule has 0 aliphatic rings. The lowest BCUT2D eigenvalue weighted by Crippen LogP contribution is -2.20. The summed E-state index contributed by atoms with van der Waals surface area (Å²) in [5.74, 6) is 1.08. The Morgan fingerprint density at radius 3 is 1.00 bits per heavy atom. The third-order valence-electron chi connectivity index (χ3n) is 13.4. The fourth-order valence-corrected chi connectivity index (χ4v) is 8.80. The molecule has 3 unspecified atom stereocenters. The molecule has 2 nitrogen and oxygen atoms in total. The molecule has 0 amide bonds. The van der Waals surface area contributed by atoms with Crippen LogP contribution in [0.3, 0.4) is 0 Å². The van der Waals surface area contributed by atoms with Crippen molar-refractivity contribution in [3.8, 4) is 11.1 Å². The topological polar surface area (TPSA) is 6.48 Å². The average molecular weight is 783 g/mol. The van der Waals surface area contributed by atoms with Gasteiger partial charge in [-0.25, -0.2) is 0 Å². The minimum atomic E-state index is 0.151. The Bertz CT molecular complexity index is 2180. The maximum Gasteiger partial charge on any atom is 0.0462 e. The molecule has 3 atom stereocenters. The summed E-state index contributed by atoms with van der Waals surface area (Å²) in [6.07, 6.45) is 8.13. The summed E-state index contributed by atoms with van der Waals surface area (Å²) >= 11 is 0. The highest BCUT2D eigenvalue weighted by Gasteiger charge is 2.24. The van der Waals surface area contributed by atoms with Crippen LogP contribution >= 0.6 is 0 Å². The molecule has 0 aromatic heterocycles. The molecule has 0 saturated carbocycles. The second-order valence-corrected chi connectivity index (χ2v) is 18.0. The van der Waals surface area contributed by atoms with E-state index in [-0.39, 0.29) is 10.8 Å². The molecule has 0 saturated heterocycles. The van der Waals surface area contributed by atoms with E-state index in [2.05, 4.69) is 225 Å². The van der Waals surface area contributed by atoms with Gasteiger partial charge in [-0.3, -0.25) is 0 Å². The van der Waals surface area contributed by atoms with Crippen molar-refractivity contribution in [1.29, 1.82) is 0 Å². The molecule has 0 fully saturated rings. The molecule has 0 bridgehead atoms. The first-order chi connectivity index (χ1) is 28.4. The fourth-order valence-electron chi connectivity index (χ4n) is 8.80. The molecule has 2 heteroatoms. The first-order valence-corrected chi connectivity index (χ1v) is 22.7. The van der Waals surface area contributed by atoms with E-state index >= 15 is 0 Å². The van der Waals surface area contributed by atoms with Crippen LogP contribution in [-0.2, 0) is 10.8 Å². The monoisotopic (exact) mass is 783 g/mol. The Morgan fingerprint density at radius 2 is 0.695 bits per heavy atom. The molecule has 59 heavy (non-hydrogen) atoms. The van der Waals surface area contributed by atoms with Gasteiger partial charge in [-0.05, 0) is 161 Å². The Balaban J connectivity index is 1.32. The van der Waals surface area contributed by atoms with Gasteiger partial charge in [0.15, 0.2) is 0 Å². The minimum absolute atomic E-state index is 0.151. The first kappa shape index (κ1) is 43.5. The summed E-state index contributed by atoms with van der Waals surface area (Å²) in [7, 11) is 0. The smallest absolute Gasteiger partial charge is 0.0462 e. The van der Waals surface area contributed by atoms with Crippen LogP contribution in [0.4, 0.5) is 34.1 Å². The quantitative estimate of drug-likeness (QED) is 0.0857. The Labute approximate surface area is 358 Å². The van der Waals surface area contributed by atoms with Crippen LogP contribution in [-0.4, -0.2) is 0 Å². The van der Waals surface area contributed by atoms with E-state index in [1.54, 1.807) is 0 Å². The minimum Gasteiger partial charge on any atom is -0.311 e. The molecule has 6 aromatic carbocycles. The van der Waals surface area contributed by atoms with Gasteiger partial charge in [0, 0.05) is 34.1 Å². The van der Waals surface area contributed by atoms with E-state index in [4.69, 9.17) is 0 Å². The first-order valence-electron chi connectivity index (χ1n) is 22.7. The zero-order valence-electron chi connectivity index (χ0n) is 37.9. The fraction of sp³-hybridized carbons (Fsp3) is 0.368. The van der Waals surface area contributed by atoms with Gasteiger partial charge in [0.2, 0.25) is 0 Å². The van der Waals surface area contributed by atoms with Gasteiger partial charge < -0.3 is 9.80 Å². The van der Waals surface area contributed by atoms with Crippen molar-refractivity contribution in [2.45, 2.75) is 137 Å². The number of rotatable bonds is 18. The van der Waals surface area contributed by atoms with Crippen LogP contribution in [0.1, 0.15) is 148 Å². The van der Waals surface area contributed by atoms with Crippen molar-refractivity contribution in [3.63, 3.8) is 0 Å². The van der Waals surface area contributed by atoms with E-state index in [1.165, 1.54) is 81.8 Å². The molecule has 0 aliphatic carbocycles. The summed E-state index contributed by atoms with van der Waals surface area (Å²) in [5.41, 5.74) is 15.3. The summed E-state index contributed by atoms with van der Waals surface area (Å²) in [6, 6.07) is 55.2. The largest absolute Gasteiger partial charge is 0.311 e. The lowest BCUT2D eigenvalue weighted by atomic mass is 9.76. The van der Waals surface area contributed by atoms with Gasteiger partial charge >= 0.3 is 0 Å². The maximum atomic E-state index is 2.41. The number of hydrogen-bond acceptors (Lipinski definition) is 2. The Morgan fingerprint density at radius 1 is 0.390 bits per heavy atom. The van der Waals surface area contributed by atoms with E-state index in [0.717, 1.165) is 30.6 Å². The lowest BCUT2D eigenvalue weighted by Gasteiger charge is -2.30. The molecule has 0 N–H and O–H groups in total. The number of nitrogens with zero attached hydrogens (tertiary/aromatic N) is 2. The molecule has 0 aliphatic heterocycles. The molecule has 6 rings (SSSR count). The van der Waals surface area contributed by atoms with Crippen molar-refractivity contribution in [3.05, 3.63) is 168 Å². The zero-order valence-corrected chi connectivity index (χ0v) is 37.9. The van der Waals surface area contributed by atoms with E-state index in [1.807, 2.05) is 0 Å². The molecule has 0 heterocycles. The highest BCUT2D eigenvalue weighted by atomic mass is 15.1. The lowest BCUT2D eigenvalue weighted by molar-refractivity contribution is 0.414. The van der Waals surface area contributed by atoms with Gasteiger partial charge in [0.25, 0.3) is 0 Å². The van der Waals surface area contributed by atoms with Crippen molar-refractivity contribution < 1.29 is 0 Å². The number of benzene rings is 6. The molecule has 308 valence electrons. The Hall–Kier alpha value is -5.08. The van der Waals surface area contributed by atoms with Crippen molar-refractivity contribution in [1.82, 2.24) is 0 Å². The summed E-state index contributed by atoms with van der Waals surface area (Å²) in [6.45, 7) is 23.2. The zero-order chi connectivity index (χ0) is 42.2. The molecule has 0 spiro atoms. The molecular formula is C57H70N2. The van der Waals surface area contributed by atoms with Gasteiger partial charge in [0.1, 0.15) is 0 Å². The Kier molecular flexibility index (Phi) is 14.2. The second kappa shape index (κ2) is 19.3. The van der Waals surface area contributed by atoms with E-state index < -0.39 is 0 Å². The molecule has 6 aromatic rings. The summed E-state index contributed by atoms with van der Waals surface area (Å²) < 4.78 is 0. The van der Waals surface area contributed by atoms with Crippen molar-refractivity contribution in [2.75, 3.05) is 9.80 Å². The summed E-state index contributed by atoms with van der Waals surface area (Å²) in [4.78, 5) is 4.80. The van der Waals surface area contributed by atoms with Crippen LogP contribution in [0, 0.1) is 0 Å². The highest BCUT2D eigenvalue weighted by molar-refractivity contribution is 5.81. The van der Waals surface area contributed by atoms with Crippen LogP contribution in [0.15, 0.2) is 146 Å². The van der Waals surface area contributed by atoms with Crippen LogP contribution in [0.5, 0.6) is 0 Å². The predicted octanol–water partition coefficient (Wildman–Crippen LogP) is 17.9. The maximum absolute atomic E-state index is 2.41. The van der Waals surface area contributed by atoms with Gasteiger partial charge in [-0.15, -0.1) is 0 Å². The van der Waals surface area contributed by atoms with Crippen LogP contribution < -0.4 is 9.80 Å². The third-order valence-corrected chi connectivity index (χ3v) is 13.4. The van der Waals surface area contributed by atoms with Crippen molar-refractivity contribution >= 4 is 34.1 Å². The normalized spacial score (nSPS) is 13.7. The van der Waals surface area contributed by atoms with E-state index in [9.17, 15) is 0 Å². The van der Waals surface area contributed by atoms with Gasteiger partial charge in [0.05, 0.1) is 0 Å². The van der Waals surface area contributed by atoms with Crippen LogP contribution in [0.25, 0.3) is 11.1 Å². The van der Waals surface area contributed by atoms with Gasteiger partial charge in [-0.1, -0.05) is 155 Å². The third kappa shape index (κ3) is 9.87. The van der Waals surface area contributed by atoms with E-state index in [0.29, 0.717) is 11.8 Å². The highest BCUT2D eigenvalue weighted by Crippen LogP contribution is 2.41. The molecule has 0 radical (unpaired) electrons.